The molecule has 134 valence electrons. The van der Waals surface area contributed by atoms with E-state index in [4.69, 9.17) is 0 Å². The van der Waals surface area contributed by atoms with E-state index in [2.05, 4.69) is 20.6 Å². The molecule has 0 aliphatic carbocycles. The standard InChI is InChI=1S/C15H10F3N5O2S/c1-8-7-10(24)11(22-23(8)9-5-3-2-4-6-9)12(25)19-14-21-20-13(26-14)15(16,17)18/h2-7H,1H3,(H,19,21,25). The van der Waals surface area contributed by atoms with Crippen LogP contribution in [-0.2, 0) is 6.18 Å². The van der Waals surface area contributed by atoms with Crippen molar-refractivity contribution in [3.05, 3.63) is 63.0 Å². The fraction of sp³-hybridized carbons (Fsp3) is 0.133. The van der Waals surface area contributed by atoms with E-state index in [-0.39, 0.29) is 16.5 Å². The lowest BCUT2D eigenvalue weighted by atomic mass is 10.3. The molecule has 0 aliphatic heterocycles. The Kier molecular flexibility index (Phi) is 4.55. The van der Waals surface area contributed by atoms with Crippen LogP contribution in [0.3, 0.4) is 0 Å². The van der Waals surface area contributed by atoms with E-state index in [0.717, 1.165) is 0 Å². The average Bonchev–Trinajstić information content (AvgIpc) is 3.04. The third-order valence-electron chi connectivity index (χ3n) is 3.21. The zero-order valence-electron chi connectivity index (χ0n) is 13.1. The predicted octanol–water partition coefficient (Wildman–Crippen LogP) is 2.66. The summed E-state index contributed by atoms with van der Waals surface area (Å²) in [5.41, 5.74) is -0.0155. The Balaban J connectivity index is 1.92. The van der Waals surface area contributed by atoms with Crippen LogP contribution >= 0.6 is 11.3 Å². The number of rotatable bonds is 3. The molecule has 11 heteroatoms. The second kappa shape index (κ2) is 6.67. The van der Waals surface area contributed by atoms with Gasteiger partial charge in [0.15, 0.2) is 5.69 Å². The van der Waals surface area contributed by atoms with Crippen LogP contribution in [0.15, 0.2) is 41.2 Å². The molecule has 1 amide bonds. The van der Waals surface area contributed by atoms with Gasteiger partial charge in [0.1, 0.15) is 0 Å². The molecule has 0 saturated carbocycles. The van der Waals surface area contributed by atoms with Crippen molar-refractivity contribution in [3.8, 4) is 5.69 Å². The molecule has 1 aromatic carbocycles. The first-order valence-corrected chi connectivity index (χ1v) is 7.96. The molecule has 0 spiro atoms. The molecule has 0 atom stereocenters. The molecular formula is C15H10F3N5O2S. The Bertz CT molecular complexity index is 1010. The van der Waals surface area contributed by atoms with Crippen LogP contribution in [0.4, 0.5) is 18.3 Å². The van der Waals surface area contributed by atoms with Gasteiger partial charge in [0.25, 0.3) is 5.91 Å². The molecule has 0 aliphatic rings. The number of nitrogens with zero attached hydrogens (tertiary/aromatic N) is 4. The first kappa shape index (κ1) is 17.7. The number of hydrogen-bond acceptors (Lipinski definition) is 6. The highest BCUT2D eigenvalue weighted by Crippen LogP contribution is 2.33. The van der Waals surface area contributed by atoms with Gasteiger partial charge in [0.2, 0.25) is 15.6 Å². The van der Waals surface area contributed by atoms with E-state index in [9.17, 15) is 22.8 Å². The molecule has 0 bridgehead atoms. The minimum atomic E-state index is -4.66. The molecule has 3 rings (SSSR count). The zero-order chi connectivity index (χ0) is 18.9. The van der Waals surface area contributed by atoms with E-state index in [1.54, 1.807) is 37.3 Å². The third kappa shape index (κ3) is 3.61. The van der Waals surface area contributed by atoms with Crippen LogP contribution < -0.4 is 10.7 Å². The van der Waals surface area contributed by atoms with Gasteiger partial charge in [-0.25, -0.2) is 4.68 Å². The van der Waals surface area contributed by atoms with Crippen LogP contribution in [0.25, 0.3) is 5.69 Å². The van der Waals surface area contributed by atoms with Gasteiger partial charge in [-0.15, -0.1) is 10.2 Å². The summed E-state index contributed by atoms with van der Waals surface area (Å²) >= 11 is 0.157. The van der Waals surface area contributed by atoms with Crippen molar-refractivity contribution in [2.75, 3.05) is 5.32 Å². The molecule has 7 nitrogen and oxygen atoms in total. The molecule has 3 aromatic rings. The van der Waals surface area contributed by atoms with E-state index >= 15 is 0 Å². The van der Waals surface area contributed by atoms with Gasteiger partial charge in [0, 0.05) is 11.8 Å². The van der Waals surface area contributed by atoms with Crippen LogP contribution in [0.1, 0.15) is 21.2 Å². The van der Waals surface area contributed by atoms with Crippen LogP contribution in [-0.4, -0.2) is 25.9 Å². The molecular weight excluding hydrogens is 371 g/mol. The van der Waals surface area contributed by atoms with Crippen LogP contribution in [0, 0.1) is 6.92 Å². The van der Waals surface area contributed by atoms with E-state index < -0.39 is 28.2 Å². The van der Waals surface area contributed by atoms with Crippen molar-refractivity contribution in [3.63, 3.8) is 0 Å². The Hall–Kier alpha value is -3.08. The number of halogens is 3. The van der Waals surface area contributed by atoms with Gasteiger partial charge in [-0.2, -0.15) is 18.3 Å². The maximum Gasteiger partial charge on any atom is 0.445 e. The number of hydrogen-bond donors (Lipinski definition) is 1. The summed E-state index contributed by atoms with van der Waals surface area (Å²) in [5.74, 6) is -0.968. The molecule has 2 aromatic heterocycles. The highest BCUT2D eigenvalue weighted by molar-refractivity contribution is 7.15. The second-order valence-electron chi connectivity index (χ2n) is 5.11. The zero-order valence-corrected chi connectivity index (χ0v) is 13.9. The van der Waals surface area contributed by atoms with Crippen molar-refractivity contribution >= 4 is 22.4 Å². The molecule has 1 N–H and O–H groups in total. The average molecular weight is 381 g/mol. The topological polar surface area (TPSA) is 89.8 Å². The quantitative estimate of drug-likeness (QED) is 0.753. The number of carbonyl (C=O) groups is 1. The summed E-state index contributed by atoms with van der Waals surface area (Å²) in [7, 11) is 0. The monoisotopic (exact) mass is 381 g/mol. The number of amides is 1. The number of nitrogens with one attached hydrogen (secondary N) is 1. The van der Waals surface area contributed by atoms with Crippen molar-refractivity contribution in [1.82, 2.24) is 20.0 Å². The normalized spacial score (nSPS) is 11.4. The largest absolute Gasteiger partial charge is 0.445 e. The van der Waals surface area contributed by atoms with Crippen molar-refractivity contribution in [2.45, 2.75) is 13.1 Å². The molecule has 0 saturated heterocycles. The first-order chi connectivity index (χ1) is 12.3. The van der Waals surface area contributed by atoms with E-state index in [1.165, 1.54) is 10.7 Å². The maximum absolute atomic E-state index is 12.5. The minimum absolute atomic E-state index is 0.157. The molecule has 26 heavy (non-hydrogen) atoms. The van der Waals surface area contributed by atoms with Crippen molar-refractivity contribution < 1.29 is 18.0 Å². The fourth-order valence-electron chi connectivity index (χ4n) is 2.08. The van der Waals surface area contributed by atoms with Crippen molar-refractivity contribution in [1.29, 1.82) is 0 Å². The van der Waals surface area contributed by atoms with Gasteiger partial charge in [-0.1, -0.05) is 29.5 Å². The second-order valence-corrected chi connectivity index (χ2v) is 6.09. The summed E-state index contributed by atoms with van der Waals surface area (Å²) in [4.78, 5) is 24.3. The lowest BCUT2D eigenvalue weighted by molar-refractivity contribution is -0.138. The van der Waals surface area contributed by atoms with Crippen LogP contribution in [0.5, 0.6) is 0 Å². The highest BCUT2D eigenvalue weighted by atomic mass is 32.1. The van der Waals surface area contributed by atoms with Crippen molar-refractivity contribution in [2.24, 2.45) is 0 Å². The summed E-state index contributed by atoms with van der Waals surface area (Å²) in [5, 5.41) is 10.8. The Morgan fingerprint density at radius 2 is 1.88 bits per heavy atom. The van der Waals surface area contributed by atoms with Gasteiger partial charge in [-0.3, -0.25) is 14.9 Å². The Labute approximate surface area is 148 Å². The number of aryl methyl sites for hydroxylation is 1. The molecule has 0 radical (unpaired) electrons. The molecule has 0 unspecified atom stereocenters. The lowest BCUT2D eigenvalue weighted by Crippen LogP contribution is -2.26. The number of anilines is 1. The summed E-state index contributed by atoms with van der Waals surface area (Å²) in [6.07, 6.45) is -4.66. The predicted molar refractivity (Wildman–Crippen MR) is 87.4 cm³/mol. The number of carbonyl (C=O) groups excluding carboxylic acids is 1. The maximum atomic E-state index is 12.5. The number of aromatic nitrogens is 4. The third-order valence-corrected chi connectivity index (χ3v) is 4.09. The summed E-state index contributed by atoms with van der Waals surface area (Å²) in [6.45, 7) is 1.64. The molecule has 2 heterocycles. The Morgan fingerprint density at radius 1 is 1.19 bits per heavy atom. The SMILES string of the molecule is Cc1cc(=O)c(C(=O)Nc2nnc(C(F)(F)F)s2)nn1-c1ccccc1. The van der Waals surface area contributed by atoms with Crippen LogP contribution in [0.2, 0.25) is 0 Å². The number of para-hydroxylation sites is 1. The van der Waals surface area contributed by atoms with E-state index in [0.29, 0.717) is 11.4 Å². The van der Waals surface area contributed by atoms with E-state index in [1.807, 2.05) is 0 Å². The summed E-state index contributed by atoms with van der Waals surface area (Å²) in [6, 6.07) is 9.99. The van der Waals surface area contributed by atoms with Gasteiger partial charge in [0.05, 0.1) is 5.69 Å². The number of alkyl halides is 3. The van der Waals surface area contributed by atoms with Gasteiger partial charge >= 0.3 is 6.18 Å². The lowest BCUT2D eigenvalue weighted by Gasteiger charge is -2.10. The Morgan fingerprint density at radius 3 is 2.50 bits per heavy atom. The smallest absolute Gasteiger partial charge is 0.295 e. The summed E-state index contributed by atoms with van der Waals surface area (Å²) < 4.78 is 39.0. The van der Waals surface area contributed by atoms with Gasteiger partial charge < -0.3 is 0 Å². The first-order valence-electron chi connectivity index (χ1n) is 7.14. The molecule has 0 fully saturated rings. The fourth-order valence-corrected chi connectivity index (χ4v) is 2.69. The number of benzene rings is 1. The highest BCUT2D eigenvalue weighted by Gasteiger charge is 2.36. The van der Waals surface area contributed by atoms with Gasteiger partial charge in [-0.05, 0) is 19.1 Å². The minimum Gasteiger partial charge on any atom is -0.295 e.